The second kappa shape index (κ2) is 7.39. The highest BCUT2D eigenvalue weighted by molar-refractivity contribution is 5.32. The summed E-state index contributed by atoms with van der Waals surface area (Å²) in [7, 11) is 4.30. The van der Waals surface area contributed by atoms with Gasteiger partial charge in [-0.25, -0.2) is 0 Å². The molecule has 0 bridgehead atoms. The molecule has 1 saturated heterocycles. The normalized spacial score (nSPS) is 19.1. The highest BCUT2D eigenvalue weighted by Crippen LogP contribution is 2.23. The summed E-state index contributed by atoms with van der Waals surface area (Å²) in [5.41, 5.74) is 3.54. The van der Waals surface area contributed by atoms with E-state index in [1.807, 2.05) is 0 Å². The van der Waals surface area contributed by atoms with Gasteiger partial charge in [0.05, 0.1) is 6.10 Å². The summed E-state index contributed by atoms with van der Waals surface area (Å²) in [4.78, 5) is 4.70. The number of rotatable bonds is 5. The number of aliphatic hydroxyl groups excluding tert-OH is 1. The lowest BCUT2D eigenvalue weighted by molar-refractivity contribution is 0.0843. The fraction of sp³-hybridized carbons (Fsp3) is 0.667. The Balaban J connectivity index is 1.85. The first-order chi connectivity index (χ1) is 9.95. The van der Waals surface area contributed by atoms with Crippen molar-refractivity contribution in [2.45, 2.75) is 32.8 Å². The van der Waals surface area contributed by atoms with Crippen LogP contribution in [0.1, 0.15) is 35.6 Å². The Bertz CT molecular complexity index is 451. The van der Waals surface area contributed by atoms with Crippen LogP contribution in [-0.2, 0) is 0 Å². The summed E-state index contributed by atoms with van der Waals surface area (Å²) >= 11 is 0. The van der Waals surface area contributed by atoms with E-state index >= 15 is 0 Å². The van der Waals surface area contributed by atoms with Crippen LogP contribution in [0.25, 0.3) is 0 Å². The molecule has 1 fully saturated rings. The minimum atomic E-state index is -0.365. The number of β-amino-alcohol motifs (C(OH)–C–C–N with tert-alkyl or cyclic N) is 1. The molecule has 1 heterocycles. The number of piperidine rings is 1. The fourth-order valence-corrected chi connectivity index (χ4v) is 3.41. The van der Waals surface area contributed by atoms with Crippen LogP contribution in [0.4, 0.5) is 0 Å². The molecule has 1 aromatic carbocycles. The minimum absolute atomic E-state index is 0.365. The third kappa shape index (κ3) is 4.80. The van der Waals surface area contributed by atoms with Crippen molar-refractivity contribution < 1.29 is 5.11 Å². The molecule has 3 nitrogen and oxygen atoms in total. The van der Waals surface area contributed by atoms with E-state index in [9.17, 15) is 5.11 Å². The zero-order chi connectivity index (χ0) is 15.4. The van der Waals surface area contributed by atoms with Gasteiger partial charge in [-0.05, 0) is 70.9 Å². The highest BCUT2D eigenvalue weighted by atomic mass is 16.3. The van der Waals surface area contributed by atoms with E-state index in [2.05, 4.69) is 55.9 Å². The fourth-order valence-electron chi connectivity index (χ4n) is 3.41. The van der Waals surface area contributed by atoms with Crippen molar-refractivity contribution >= 4 is 0 Å². The van der Waals surface area contributed by atoms with Crippen molar-refractivity contribution in [3.8, 4) is 0 Å². The summed E-state index contributed by atoms with van der Waals surface area (Å²) in [6, 6.07) is 6.32. The molecule has 1 atom stereocenters. The van der Waals surface area contributed by atoms with Crippen molar-refractivity contribution in [2.24, 2.45) is 5.92 Å². The number of aryl methyl sites for hydroxylation is 2. The molecule has 1 unspecified atom stereocenters. The summed E-state index contributed by atoms with van der Waals surface area (Å²) in [5.74, 6) is 0.814. The van der Waals surface area contributed by atoms with E-state index in [-0.39, 0.29) is 6.10 Å². The first-order valence-electron chi connectivity index (χ1n) is 8.08. The Labute approximate surface area is 129 Å². The average molecular weight is 290 g/mol. The minimum Gasteiger partial charge on any atom is -0.387 e. The molecule has 2 rings (SSSR count). The molecule has 1 N–H and O–H groups in total. The van der Waals surface area contributed by atoms with E-state index in [1.54, 1.807) is 0 Å². The summed E-state index contributed by atoms with van der Waals surface area (Å²) in [6.45, 7) is 8.36. The predicted molar refractivity (Wildman–Crippen MR) is 88.6 cm³/mol. The van der Waals surface area contributed by atoms with Crippen LogP contribution in [0.15, 0.2) is 18.2 Å². The lowest BCUT2D eigenvalue weighted by Crippen LogP contribution is -2.39. The Morgan fingerprint density at radius 2 is 1.90 bits per heavy atom. The van der Waals surface area contributed by atoms with Crippen LogP contribution in [0.3, 0.4) is 0 Å². The number of aliphatic hydroxyl groups is 1. The molecular formula is C18H30N2O. The molecule has 0 spiro atoms. The molecule has 1 aliphatic rings. The van der Waals surface area contributed by atoms with Gasteiger partial charge in [0.15, 0.2) is 0 Å². The predicted octanol–water partition coefficient (Wildman–Crippen LogP) is 2.61. The number of nitrogens with zero attached hydrogens (tertiary/aromatic N) is 2. The second-order valence-corrected chi connectivity index (χ2v) is 6.88. The Hall–Kier alpha value is -0.900. The standard InChI is InChI=1S/C18H30N2O/c1-14-5-6-17(15(2)11-14)18(21)13-20-9-7-16(8-10-20)12-19(3)4/h5-6,11,16,18,21H,7-10,12-13H2,1-4H3. The van der Waals surface area contributed by atoms with Gasteiger partial charge >= 0.3 is 0 Å². The maximum absolute atomic E-state index is 10.5. The number of likely N-dealkylation sites (tertiary alicyclic amines) is 1. The van der Waals surface area contributed by atoms with Crippen LogP contribution in [0.5, 0.6) is 0 Å². The maximum Gasteiger partial charge on any atom is 0.0919 e. The SMILES string of the molecule is Cc1ccc(C(O)CN2CCC(CN(C)C)CC2)c(C)c1. The Morgan fingerprint density at radius 1 is 1.24 bits per heavy atom. The summed E-state index contributed by atoms with van der Waals surface area (Å²) < 4.78 is 0. The molecule has 118 valence electrons. The molecule has 1 aliphatic heterocycles. The van der Waals surface area contributed by atoms with Gasteiger partial charge in [0.1, 0.15) is 0 Å². The molecule has 0 saturated carbocycles. The zero-order valence-electron chi connectivity index (χ0n) is 14.0. The third-order valence-electron chi connectivity index (χ3n) is 4.55. The van der Waals surface area contributed by atoms with Gasteiger partial charge in [-0.2, -0.15) is 0 Å². The van der Waals surface area contributed by atoms with Crippen LogP contribution in [-0.4, -0.2) is 55.2 Å². The van der Waals surface area contributed by atoms with Gasteiger partial charge in [0.2, 0.25) is 0 Å². The largest absolute Gasteiger partial charge is 0.387 e. The first kappa shape index (κ1) is 16.5. The van der Waals surface area contributed by atoms with Gasteiger partial charge in [0.25, 0.3) is 0 Å². The van der Waals surface area contributed by atoms with Crippen LogP contribution in [0.2, 0.25) is 0 Å². The molecule has 21 heavy (non-hydrogen) atoms. The quantitative estimate of drug-likeness (QED) is 0.903. The Kier molecular flexibility index (Phi) is 5.80. The van der Waals surface area contributed by atoms with E-state index in [1.165, 1.54) is 30.5 Å². The zero-order valence-corrected chi connectivity index (χ0v) is 14.0. The molecule has 3 heteroatoms. The molecule has 1 aromatic rings. The van der Waals surface area contributed by atoms with Gasteiger partial charge in [0, 0.05) is 13.1 Å². The topological polar surface area (TPSA) is 26.7 Å². The van der Waals surface area contributed by atoms with E-state index < -0.39 is 0 Å². The van der Waals surface area contributed by atoms with Crippen molar-refractivity contribution in [1.29, 1.82) is 0 Å². The van der Waals surface area contributed by atoms with Crippen LogP contribution in [0, 0.1) is 19.8 Å². The van der Waals surface area contributed by atoms with E-state index in [0.29, 0.717) is 0 Å². The van der Waals surface area contributed by atoms with Gasteiger partial charge in [-0.15, -0.1) is 0 Å². The summed E-state index contributed by atoms with van der Waals surface area (Å²) in [6.07, 6.45) is 2.13. The van der Waals surface area contributed by atoms with Crippen LogP contribution >= 0.6 is 0 Å². The van der Waals surface area contributed by atoms with Crippen molar-refractivity contribution in [2.75, 3.05) is 40.3 Å². The smallest absolute Gasteiger partial charge is 0.0919 e. The molecule has 0 radical (unpaired) electrons. The second-order valence-electron chi connectivity index (χ2n) is 6.88. The third-order valence-corrected chi connectivity index (χ3v) is 4.55. The molecule has 0 amide bonds. The first-order valence-corrected chi connectivity index (χ1v) is 8.08. The lowest BCUT2D eigenvalue weighted by Gasteiger charge is -2.34. The maximum atomic E-state index is 10.5. The number of hydrogen-bond donors (Lipinski definition) is 1. The van der Waals surface area contributed by atoms with E-state index in [0.717, 1.165) is 31.1 Å². The van der Waals surface area contributed by atoms with Crippen molar-refractivity contribution in [3.05, 3.63) is 34.9 Å². The lowest BCUT2D eigenvalue weighted by atomic mass is 9.95. The Morgan fingerprint density at radius 3 is 2.48 bits per heavy atom. The van der Waals surface area contributed by atoms with Crippen molar-refractivity contribution in [1.82, 2.24) is 9.80 Å². The highest BCUT2D eigenvalue weighted by Gasteiger charge is 2.22. The summed E-state index contributed by atoms with van der Waals surface area (Å²) in [5, 5.41) is 10.5. The van der Waals surface area contributed by atoms with Gasteiger partial charge in [-0.1, -0.05) is 23.8 Å². The van der Waals surface area contributed by atoms with Crippen molar-refractivity contribution in [3.63, 3.8) is 0 Å². The monoisotopic (exact) mass is 290 g/mol. The average Bonchev–Trinajstić information content (AvgIpc) is 2.40. The number of benzene rings is 1. The number of hydrogen-bond acceptors (Lipinski definition) is 3. The molecule has 0 aromatic heterocycles. The van der Waals surface area contributed by atoms with Crippen LogP contribution < -0.4 is 0 Å². The molecule has 0 aliphatic carbocycles. The van der Waals surface area contributed by atoms with Gasteiger partial charge in [-0.3, -0.25) is 0 Å². The van der Waals surface area contributed by atoms with E-state index in [4.69, 9.17) is 0 Å². The molecular weight excluding hydrogens is 260 g/mol. The van der Waals surface area contributed by atoms with Gasteiger partial charge < -0.3 is 14.9 Å².